The van der Waals surface area contributed by atoms with Gasteiger partial charge in [0.2, 0.25) is 0 Å². The molecule has 1 fully saturated rings. The Bertz CT molecular complexity index is 616. The normalized spacial score (nSPS) is 20.8. The van der Waals surface area contributed by atoms with Gasteiger partial charge in [0.15, 0.2) is 23.6 Å². The Labute approximate surface area is 185 Å². The van der Waals surface area contributed by atoms with E-state index in [0.717, 1.165) is 50.2 Å². The molecule has 0 radical (unpaired) electrons. The number of nitrogens with one attached hydrogen (secondary N) is 2. The van der Waals surface area contributed by atoms with Gasteiger partial charge in [-0.05, 0) is 45.6 Å². The molecule has 0 saturated carbocycles. The SMILES string of the molecule is CCNC(=NCC1COc2ccccc2O1)NCCN1CCCN(C)CC1.I. The van der Waals surface area contributed by atoms with Crippen molar-refractivity contribution < 1.29 is 9.47 Å². The summed E-state index contributed by atoms with van der Waals surface area (Å²) in [7, 11) is 2.20. The molecule has 28 heavy (non-hydrogen) atoms. The molecule has 0 aromatic heterocycles. The molecule has 1 atom stereocenters. The van der Waals surface area contributed by atoms with Crippen LogP contribution in [0.5, 0.6) is 11.5 Å². The Morgan fingerprint density at radius 1 is 1.14 bits per heavy atom. The molecule has 2 heterocycles. The van der Waals surface area contributed by atoms with Crippen molar-refractivity contribution in [2.24, 2.45) is 4.99 Å². The molecular weight excluding hydrogens is 469 g/mol. The Balaban J connectivity index is 0.00000280. The lowest BCUT2D eigenvalue weighted by Crippen LogP contribution is -2.43. The predicted octanol–water partition coefficient (Wildman–Crippen LogP) is 1.64. The van der Waals surface area contributed by atoms with Crippen molar-refractivity contribution in [3.8, 4) is 11.5 Å². The lowest BCUT2D eigenvalue weighted by molar-refractivity contribution is 0.0971. The van der Waals surface area contributed by atoms with Crippen molar-refractivity contribution in [2.75, 3.05) is 66.0 Å². The van der Waals surface area contributed by atoms with Crippen LogP contribution in [-0.4, -0.2) is 87.9 Å². The monoisotopic (exact) mass is 503 g/mol. The van der Waals surface area contributed by atoms with Crippen LogP contribution in [0.25, 0.3) is 0 Å². The van der Waals surface area contributed by atoms with Crippen LogP contribution in [0.15, 0.2) is 29.3 Å². The average Bonchev–Trinajstić information content (AvgIpc) is 2.90. The second kappa shape index (κ2) is 12.3. The molecular formula is C20H34IN5O2. The molecule has 3 rings (SSSR count). The summed E-state index contributed by atoms with van der Waals surface area (Å²) < 4.78 is 11.7. The summed E-state index contributed by atoms with van der Waals surface area (Å²) in [6.07, 6.45) is 1.18. The Kier molecular flexibility index (Phi) is 10.1. The number of likely N-dealkylation sites (N-methyl/N-ethyl adjacent to an activating group) is 1. The Morgan fingerprint density at radius 3 is 2.79 bits per heavy atom. The van der Waals surface area contributed by atoms with Crippen LogP contribution in [0, 0.1) is 0 Å². The number of benzene rings is 1. The zero-order valence-corrected chi connectivity index (χ0v) is 19.4. The predicted molar refractivity (Wildman–Crippen MR) is 124 cm³/mol. The van der Waals surface area contributed by atoms with Gasteiger partial charge in [-0.15, -0.1) is 24.0 Å². The van der Waals surface area contributed by atoms with E-state index in [2.05, 4.69) is 39.4 Å². The summed E-state index contributed by atoms with van der Waals surface area (Å²) in [4.78, 5) is 9.61. The summed E-state index contributed by atoms with van der Waals surface area (Å²) in [5.41, 5.74) is 0. The highest BCUT2D eigenvalue weighted by atomic mass is 127. The highest BCUT2D eigenvalue weighted by Gasteiger charge is 2.20. The molecule has 0 bridgehead atoms. The summed E-state index contributed by atoms with van der Waals surface area (Å²) in [6, 6.07) is 7.78. The van der Waals surface area contributed by atoms with E-state index >= 15 is 0 Å². The van der Waals surface area contributed by atoms with Gasteiger partial charge in [-0.2, -0.15) is 0 Å². The molecule has 2 aliphatic heterocycles. The molecule has 0 amide bonds. The van der Waals surface area contributed by atoms with Gasteiger partial charge in [0.05, 0.1) is 6.54 Å². The molecule has 8 heteroatoms. The maximum atomic E-state index is 5.98. The lowest BCUT2D eigenvalue weighted by atomic mass is 10.2. The quantitative estimate of drug-likeness (QED) is 0.350. The van der Waals surface area contributed by atoms with E-state index in [0.29, 0.717) is 13.2 Å². The van der Waals surface area contributed by atoms with E-state index in [1.807, 2.05) is 24.3 Å². The second-order valence-electron chi connectivity index (χ2n) is 7.14. The zero-order chi connectivity index (χ0) is 18.9. The fraction of sp³-hybridized carbons (Fsp3) is 0.650. The van der Waals surface area contributed by atoms with Crippen LogP contribution in [0.4, 0.5) is 0 Å². The van der Waals surface area contributed by atoms with Crippen molar-refractivity contribution in [2.45, 2.75) is 19.4 Å². The number of rotatable bonds is 6. The third kappa shape index (κ3) is 7.29. The number of ether oxygens (including phenoxy) is 2. The van der Waals surface area contributed by atoms with Crippen LogP contribution < -0.4 is 20.1 Å². The van der Waals surface area contributed by atoms with Gasteiger partial charge in [-0.25, -0.2) is 4.99 Å². The summed E-state index contributed by atoms with van der Waals surface area (Å²) in [5.74, 6) is 2.45. The first-order chi connectivity index (χ1) is 13.2. The zero-order valence-electron chi connectivity index (χ0n) is 17.0. The number of hydrogen-bond acceptors (Lipinski definition) is 5. The lowest BCUT2D eigenvalue weighted by Gasteiger charge is -2.25. The van der Waals surface area contributed by atoms with Crippen molar-refractivity contribution in [3.63, 3.8) is 0 Å². The van der Waals surface area contributed by atoms with Gasteiger partial charge in [0, 0.05) is 32.7 Å². The molecule has 2 N–H and O–H groups in total. The van der Waals surface area contributed by atoms with E-state index < -0.39 is 0 Å². The van der Waals surface area contributed by atoms with Crippen LogP contribution in [-0.2, 0) is 0 Å². The number of fused-ring (bicyclic) bond motifs is 1. The van der Waals surface area contributed by atoms with Gasteiger partial charge in [0.25, 0.3) is 0 Å². The van der Waals surface area contributed by atoms with Gasteiger partial charge in [-0.1, -0.05) is 12.1 Å². The van der Waals surface area contributed by atoms with Gasteiger partial charge >= 0.3 is 0 Å². The average molecular weight is 503 g/mol. The van der Waals surface area contributed by atoms with E-state index in [4.69, 9.17) is 9.47 Å². The number of para-hydroxylation sites is 2. The molecule has 1 saturated heterocycles. The molecule has 2 aliphatic rings. The third-order valence-corrected chi connectivity index (χ3v) is 4.90. The molecule has 1 aromatic rings. The molecule has 0 aliphatic carbocycles. The van der Waals surface area contributed by atoms with Gasteiger partial charge < -0.3 is 29.9 Å². The Hall–Kier alpha value is -1.26. The van der Waals surface area contributed by atoms with Crippen LogP contribution >= 0.6 is 24.0 Å². The largest absolute Gasteiger partial charge is 0.486 e. The van der Waals surface area contributed by atoms with Gasteiger partial charge in [-0.3, -0.25) is 0 Å². The summed E-state index contributed by atoms with van der Waals surface area (Å²) >= 11 is 0. The molecule has 1 unspecified atom stereocenters. The van der Waals surface area contributed by atoms with Crippen LogP contribution in [0.3, 0.4) is 0 Å². The van der Waals surface area contributed by atoms with E-state index in [1.165, 1.54) is 19.5 Å². The molecule has 0 spiro atoms. The molecule has 7 nitrogen and oxygen atoms in total. The minimum Gasteiger partial charge on any atom is -0.486 e. The minimum absolute atomic E-state index is 0. The number of aliphatic imine (C=N–C) groups is 1. The van der Waals surface area contributed by atoms with Crippen molar-refractivity contribution >= 4 is 29.9 Å². The first-order valence-electron chi connectivity index (χ1n) is 10.1. The third-order valence-electron chi connectivity index (χ3n) is 4.90. The maximum Gasteiger partial charge on any atom is 0.191 e. The van der Waals surface area contributed by atoms with Crippen LogP contribution in [0.2, 0.25) is 0 Å². The summed E-state index contributed by atoms with van der Waals surface area (Å²) in [5, 5.41) is 6.76. The van der Waals surface area contributed by atoms with E-state index in [1.54, 1.807) is 0 Å². The minimum atomic E-state index is -0.0588. The fourth-order valence-electron chi connectivity index (χ4n) is 3.34. The topological polar surface area (TPSA) is 61.4 Å². The van der Waals surface area contributed by atoms with Crippen molar-refractivity contribution in [3.05, 3.63) is 24.3 Å². The highest BCUT2D eigenvalue weighted by Crippen LogP contribution is 2.30. The van der Waals surface area contributed by atoms with Crippen molar-refractivity contribution in [1.29, 1.82) is 0 Å². The highest BCUT2D eigenvalue weighted by molar-refractivity contribution is 14.0. The van der Waals surface area contributed by atoms with E-state index in [9.17, 15) is 0 Å². The number of nitrogens with zero attached hydrogens (tertiary/aromatic N) is 3. The first kappa shape index (κ1) is 23.0. The molecule has 1 aromatic carbocycles. The maximum absolute atomic E-state index is 5.98. The first-order valence-corrected chi connectivity index (χ1v) is 10.1. The number of halogens is 1. The van der Waals surface area contributed by atoms with E-state index in [-0.39, 0.29) is 30.1 Å². The number of guanidine groups is 1. The second-order valence-corrected chi connectivity index (χ2v) is 7.14. The number of hydrogen-bond donors (Lipinski definition) is 2. The molecule has 158 valence electrons. The smallest absolute Gasteiger partial charge is 0.191 e. The fourth-order valence-corrected chi connectivity index (χ4v) is 3.34. The van der Waals surface area contributed by atoms with Gasteiger partial charge in [0.1, 0.15) is 6.61 Å². The standard InChI is InChI=1S/C20H33N5O2.HI/c1-3-21-20(22-9-12-25-11-6-10-24(2)13-14-25)23-15-17-16-26-18-7-4-5-8-19(18)27-17;/h4-5,7-8,17H,3,6,9-16H2,1-2H3,(H2,21,22,23);1H. The Morgan fingerprint density at radius 2 is 1.96 bits per heavy atom. The summed E-state index contributed by atoms with van der Waals surface area (Å²) in [6.45, 7) is 10.6. The van der Waals surface area contributed by atoms with Crippen LogP contribution in [0.1, 0.15) is 13.3 Å². The van der Waals surface area contributed by atoms with Crippen molar-refractivity contribution in [1.82, 2.24) is 20.4 Å².